The second-order valence-corrected chi connectivity index (χ2v) is 8.96. The fourth-order valence-electron chi connectivity index (χ4n) is 4.23. The normalized spacial score (nSPS) is 19.3. The van der Waals surface area contributed by atoms with E-state index in [1.54, 1.807) is 25.4 Å². The van der Waals surface area contributed by atoms with E-state index in [1.807, 2.05) is 24.9 Å². The van der Waals surface area contributed by atoms with Gasteiger partial charge in [0, 0.05) is 59.4 Å². The van der Waals surface area contributed by atoms with Crippen molar-refractivity contribution >= 4 is 29.0 Å². The van der Waals surface area contributed by atoms with Crippen LogP contribution in [-0.2, 0) is 0 Å². The van der Waals surface area contributed by atoms with Gasteiger partial charge in [0.1, 0.15) is 11.9 Å². The Bertz CT molecular complexity index is 1210. The predicted molar refractivity (Wildman–Crippen MR) is 134 cm³/mol. The number of nitrogen functional groups attached to an aromatic ring is 1. The molecule has 1 aliphatic rings. The average molecular weight is 505 g/mol. The molecule has 3 aromatic rings. The van der Waals surface area contributed by atoms with Crippen LogP contribution in [0.25, 0.3) is 11.1 Å². The van der Waals surface area contributed by atoms with Crippen LogP contribution in [0, 0.1) is 5.82 Å². The van der Waals surface area contributed by atoms with Crippen LogP contribution in [0.3, 0.4) is 0 Å². The first-order chi connectivity index (χ1) is 16.3. The highest BCUT2D eigenvalue weighted by Gasteiger charge is 2.28. The van der Waals surface area contributed by atoms with Crippen molar-refractivity contribution in [3.63, 3.8) is 0 Å². The third-order valence-electron chi connectivity index (χ3n) is 6.06. The maximum atomic E-state index is 14.0. The van der Waals surface area contributed by atoms with Gasteiger partial charge in [-0.25, -0.2) is 9.37 Å². The zero-order valence-electron chi connectivity index (χ0n) is 19.1. The third-order valence-corrected chi connectivity index (χ3v) is 6.78. The fourth-order valence-corrected chi connectivity index (χ4v) is 4.91. The predicted octanol–water partition coefficient (Wildman–Crippen LogP) is 5.14. The number of aromatic nitrogens is 3. The molecule has 1 saturated heterocycles. The van der Waals surface area contributed by atoms with Crippen molar-refractivity contribution in [2.75, 3.05) is 19.3 Å². The van der Waals surface area contributed by atoms with Crippen molar-refractivity contribution in [3.8, 4) is 16.9 Å². The average Bonchev–Trinajstić information content (AvgIpc) is 3.49. The highest BCUT2D eigenvalue weighted by molar-refractivity contribution is 6.36. The van der Waals surface area contributed by atoms with Crippen LogP contribution >= 0.6 is 23.2 Å². The van der Waals surface area contributed by atoms with Crippen molar-refractivity contribution in [1.29, 1.82) is 0 Å². The molecule has 3 heterocycles. The van der Waals surface area contributed by atoms with E-state index >= 15 is 0 Å². The van der Waals surface area contributed by atoms with E-state index in [0.717, 1.165) is 24.1 Å². The molecule has 3 atom stereocenters. The van der Waals surface area contributed by atoms with Gasteiger partial charge < -0.3 is 21.1 Å². The minimum absolute atomic E-state index is 0.0770. The Balaban J connectivity index is 1.53. The number of nitrogens with one attached hydrogen (secondary N) is 2. The van der Waals surface area contributed by atoms with Crippen molar-refractivity contribution in [2.45, 2.75) is 38.5 Å². The number of halogens is 3. The standard InChI is InChI=1S/C24H27Cl2FN6O/c1-4-19(29-3)20-8-16(11-30-20)33-12-15(10-32-33)14-7-21(24(28)31-9-14)34-13(2)22-17(25)5-6-18(27)23(22)26/h4-7,9-10,12-13,16,20,29-30H,8,11H2,1-3H3,(H2,28,31). The summed E-state index contributed by atoms with van der Waals surface area (Å²) >= 11 is 12.4. The van der Waals surface area contributed by atoms with E-state index < -0.39 is 11.9 Å². The second kappa shape index (κ2) is 10.2. The summed E-state index contributed by atoms with van der Waals surface area (Å²) in [6.45, 7) is 4.58. The molecule has 10 heteroatoms. The summed E-state index contributed by atoms with van der Waals surface area (Å²) < 4.78 is 21.9. The van der Waals surface area contributed by atoms with E-state index in [9.17, 15) is 4.39 Å². The molecule has 0 bridgehead atoms. The van der Waals surface area contributed by atoms with Gasteiger partial charge in [0.05, 0.1) is 17.3 Å². The second-order valence-electron chi connectivity index (χ2n) is 8.18. The number of pyridine rings is 1. The van der Waals surface area contributed by atoms with Crippen molar-refractivity contribution < 1.29 is 9.13 Å². The molecule has 7 nitrogen and oxygen atoms in total. The summed E-state index contributed by atoms with van der Waals surface area (Å²) in [4.78, 5) is 4.28. The van der Waals surface area contributed by atoms with Gasteiger partial charge in [-0.1, -0.05) is 29.3 Å². The minimum Gasteiger partial charge on any atom is -0.482 e. The van der Waals surface area contributed by atoms with E-state index in [0.29, 0.717) is 16.3 Å². The fraction of sp³-hybridized carbons (Fsp3) is 0.333. The van der Waals surface area contributed by atoms with Gasteiger partial charge in [-0.2, -0.15) is 5.10 Å². The molecule has 180 valence electrons. The van der Waals surface area contributed by atoms with Gasteiger partial charge in [0.15, 0.2) is 11.6 Å². The number of nitrogens with two attached hydrogens (primary N) is 1. The lowest BCUT2D eigenvalue weighted by Gasteiger charge is -2.19. The molecular formula is C24H27Cl2FN6O. The first-order valence-corrected chi connectivity index (χ1v) is 11.7. The summed E-state index contributed by atoms with van der Waals surface area (Å²) in [6.07, 6.45) is 7.83. The van der Waals surface area contributed by atoms with Gasteiger partial charge in [-0.15, -0.1) is 0 Å². The number of anilines is 1. The van der Waals surface area contributed by atoms with Crippen LogP contribution in [-0.4, -0.2) is 34.4 Å². The molecule has 1 fully saturated rings. The first-order valence-electron chi connectivity index (χ1n) is 11.0. The van der Waals surface area contributed by atoms with Crippen molar-refractivity contribution in [2.24, 2.45) is 0 Å². The molecule has 1 aromatic carbocycles. The molecule has 34 heavy (non-hydrogen) atoms. The van der Waals surface area contributed by atoms with Crippen LogP contribution in [0.15, 0.2) is 48.6 Å². The number of nitrogens with zero attached hydrogens (tertiary/aromatic N) is 3. The van der Waals surface area contributed by atoms with Crippen LogP contribution < -0.4 is 21.1 Å². The smallest absolute Gasteiger partial charge is 0.166 e. The quantitative estimate of drug-likeness (QED) is 0.386. The summed E-state index contributed by atoms with van der Waals surface area (Å²) in [7, 11) is 1.93. The highest BCUT2D eigenvalue weighted by atomic mass is 35.5. The number of hydrogen-bond acceptors (Lipinski definition) is 6. The van der Waals surface area contributed by atoms with Gasteiger partial charge in [-0.05, 0) is 38.5 Å². The lowest BCUT2D eigenvalue weighted by Crippen LogP contribution is -2.29. The Kier molecular flexibility index (Phi) is 7.30. The largest absolute Gasteiger partial charge is 0.482 e. The molecule has 1 aliphatic heterocycles. The zero-order chi connectivity index (χ0) is 24.4. The molecule has 0 spiro atoms. The number of hydrogen-bond donors (Lipinski definition) is 3. The zero-order valence-corrected chi connectivity index (χ0v) is 20.7. The summed E-state index contributed by atoms with van der Waals surface area (Å²) in [6, 6.07) is 4.96. The number of likely N-dealkylation sites (N-methyl/N-ethyl adjacent to an activating group) is 1. The van der Waals surface area contributed by atoms with E-state index in [-0.39, 0.29) is 22.9 Å². The van der Waals surface area contributed by atoms with Gasteiger partial charge in [0.25, 0.3) is 0 Å². The maximum absolute atomic E-state index is 14.0. The molecule has 4 rings (SSSR count). The SMILES string of the molecule is CC=C(NC)C1CC(n2cc(-c3cnc(N)c(OC(C)c4c(Cl)ccc(F)c4Cl)c3)cn2)CN1. The number of ether oxygens (including phenoxy) is 1. The summed E-state index contributed by atoms with van der Waals surface area (Å²) in [5, 5.41) is 11.6. The molecule has 4 N–H and O–H groups in total. The van der Waals surface area contributed by atoms with Gasteiger partial charge in [0.2, 0.25) is 0 Å². The van der Waals surface area contributed by atoms with E-state index in [1.165, 1.54) is 17.8 Å². The number of rotatable bonds is 7. The molecule has 0 amide bonds. The lowest BCUT2D eigenvalue weighted by molar-refractivity contribution is 0.227. The molecule has 2 aromatic heterocycles. The molecular weight excluding hydrogens is 478 g/mol. The number of benzene rings is 1. The minimum atomic E-state index is -0.646. The molecule has 3 unspecified atom stereocenters. The lowest BCUT2D eigenvalue weighted by atomic mass is 10.1. The Labute approximate surface area is 208 Å². The van der Waals surface area contributed by atoms with Gasteiger partial charge in [-0.3, -0.25) is 4.68 Å². The Hall–Kier alpha value is -2.81. The topological polar surface area (TPSA) is 90.0 Å². The maximum Gasteiger partial charge on any atom is 0.166 e. The molecule has 0 saturated carbocycles. The monoisotopic (exact) mass is 504 g/mol. The van der Waals surface area contributed by atoms with Crippen molar-refractivity contribution in [3.05, 3.63) is 70.0 Å². The van der Waals surface area contributed by atoms with Gasteiger partial charge >= 0.3 is 0 Å². The van der Waals surface area contributed by atoms with Crippen LogP contribution in [0.1, 0.15) is 38.0 Å². The van der Waals surface area contributed by atoms with Crippen molar-refractivity contribution in [1.82, 2.24) is 25.4 Å². The Morgan fingerprint density at radius 3 is 2.88 bits per heavy atom. The Morgan fingerprint density at radius 1 is 1.35 bits per heavy atom. The van der Waals surface area contributed by atoms with E-state index in [4.69, 9.17) is 33.7 Å². The highest BCUT2D eigenvalue weighted by Crippen LogP contribution is 2.37. The van der Waals surface area contributed by atoms with E-state index in [2.05, 4.69) is 26.8 Å². The first kappa shape index (κ1) is 24.3. The van der Waals surface area contributed by atoms with Crippen LogP contribution in [0.4, 0.5) is 10.2 Å². The third kappa shape index (κ3) is 4.85. The molecule has 0 radical (unpaired) electrons. The Morgan fingerprint density at radius 2 is 2.15 bits per heavy atom. The number of allylic oxidation sites excluding steroid dienone is 1. The summed E-state index contributed by atoms with van der Waals surface area (Å²) in [5.41, 5.74) is 9.27. The van der Waals surface area contributed by atoms with Crippen LogP contribution in [0.5, 0.6) is 5.75 Å². The van der Waals surface area contributed by atoms with Crippen LogP contribution in [0.2, 0.25) is 10.0 Å². The molecule has 0 aliphatic carbocycles. The summed E-state index contributed by atoms with van der Waals surface area (Å²) in [5.74, 6) is -0.00686.